The number of nitrogens with one attached hydrogen (secondary N) is 1. The fourth-order valence-corrected chi connectivity index (χ4v) is 4.97. The van der Waals surface area contributed by atoms with Crippen LogP contribution in [0.4, 0.5) is 0 Å². The molecule has 2 amide bonds. The number of para-hydroxylation sites is 1. The van der Waals surface area contributed by atoms with Crippen molar-refractivity contribution in [2.24, 2.45) is 0 Å². The number of halogens is 2. The van der Waals surface area contributed by atoms with Crippen molar-refractivity contribution in [3.63, 3.8) is 0 Å². The number of nitrogens with zero attached hydrogens (tertiary/aromatic N) is 2. The van der Waals surface area contributed by atoms with Crippen molar-refractivity contribution >= 4 is 45.9 Å². The number of amides is 2. The number of H-pyrrole nitrogens is 1. The standard InChI is InChI=1S/C21H17Cl2N3O2/c1-25-10-18(27)26-17(21(25)28)9-14-12-4-2-3-5-16(12)24-19(14)20(26)13-7-6-11(22)8-15(13)23/h2-8,17,20,24H,9-10H2,1H3/t17-,20+/m0/s1. The van der Waals surface area contributed by atoms with Gasteiger partial charge in [-0.05, 0) is 29.3 Å². The summed E-state index contributed by atoms with van der Waals surface area (Å²) in [5.41, 5.74) is 3.71. The number of piperazine rings is 1. The lowest BCUT2D eigenvalue weighted by Gasteiger charge is -2.46. The Bertz CT molecular complexity index is 1140. The molecule has 1 saturated heterocycles. The second-order valence-electron chi connectivity index (χ2n) is 7.35. The minimum absolute atomic E-state index is 0.0504. The summed E-state index contributed by atoms with van der Waals surface area (Å²) >= 11 is 12.6. The Hall–Kier alpha value is -2.50. The highest BCUT2D eigenvalue weighted by Gasteiger charge is 2.47. The molecule has 5 nitrogen and oxygen atoms in total. The minimum atomic E-state index is -0.547. The molecule has 2 aliphatic rings. The smallest absolute Gasteiger partial charge is 0.245 e. The molecule has 1 aromatic heterocycles. The Morgan fingerprint density at radius 3 is 2.68 bits per heavy atom. The summed E-state index contributed by atoms with van der Waals surface area (Å²) in [5.74, 6) is -0.141. The Kier molecular flexibility index (Phi) is 3.93. The van der Waals surface area contributed by atoms with E-state index in [9.17, 15) is 9.59 Å². The van der Waals surface area contributed by atoms with Gasteiger partial charge in [-0.15, -0.1) is 0 Å². The molecule has 5 rings (SSSR count). The van der Waals surface area contributed by atoms with Crippen molar-refractivity contribution < 1.29 is 9.59 Å². The largest absolute Gasteiger partial charge is 0.356 e. The summed E-state index contributed by atoms with van der Waals surface area (Å²) in [6.45, 7) is 0.0621. The molecule has 1 N–H and O–H groups in total. The van der Waals surface area contributed by atoms with E-state index >= 15 is 0 Å². The first-order valence-corrected chi connectivity index (χ1v) is 9.82. The maximum Gasteiger partial charge on any atom is 0.245 e. The highest BCUT2D eigenvalue weighted by molar-refractivity contribution is 6.35. The zero-order chi connectivity index (χ0) is 19.6. The number of carbonyl (C=O) groups is 2. The number of hydrogen-bond acceptors (Lipinski definition) is 2. The maximum absolute atomic E-state index is 13.0. The Labute approximate surface area is 171 Å². The fraction of sp³-hybridized carbons (Fsp3) is 0.238. The predicted octanol–water partition coefficient (Wildman–Crippen LogP) is 3.79. The molecule has 0 saturated carbocycles. The third kappa shape index (κ3) is 2.46. The van der Waals surface area contributed by atoms with Crippen LogP contribution in [0.3, 0.4) is 0 Å². The number of rotatable bonds is 1. The quantitative estimate of drug-likeness (QED) is 0.659. The molecule has 0 spiro atoms. The van der Waals surface area contributed by atoms with Crippen molar-refractivity contribution in [3.8, 4) is 0 Å². The van der Waals surface area contributed by atoms with E-state index in [1.54, 1.807) is 24.1 Å². The van der Waals surface area contributed by atoms with E-state index in [4.69, 9.17) is 23.2 Å². The third-order valence-electron chi connectivity index (χ3n) is 5.71. The first kappa shape index (κ1) is 17.6. The van der Waals surface area contributed by atoms with Crippen LogP contribution in [0.15, 0.2) is 42.5 Å². The molecule has 0 radical (unpaired) electrons. The highest BCUT2D eigenvalue weighted by Crippen LogP contribution is 2.44. The van der Waals surface area contributed by atoms with Crippen LogP contribution in [-0.4, -0.2) is 46.2 Å². The van der Waals surface area contributed by atoms with Crippen molar-refractivity contribution in [2.75, 3.05) is 13.6 Å². The van der Waals surface area contributed by atoms with Crippen LogP contribution in [0.25, 0.3) is 10.9 Å². The number of aromatic nitrogens is 1. The van der Waals surface area contributed by atoms with Gasteiger partial charge in [0.1, 0.15) is 6.04 Å². The number of aromatic amines is 1. The van der Waals surface area contributed by atoms with Gasteiger partial charge in [-0.2, -0.15) is 0 Å². The van der Waals surface area contributed by atoms with Gasteiger partial charge in [-0.25, -0.2) is 0 Å². The van der Waals surface area contributed by atoms with Gasteiger partial charge in [0.2, 0.25) is 11.8 Å². The first-order chi connectivity index (χ1) is 13.5. The third-order valence-corrected chi connectivity index (χ3v) is 6.27. The summed E-state index contributed by atoms with van der Waals surface area (Å²) in [5, 5.41) is 2.07. The fourth-order valence-electron chi connectivity index (χ4n) is 4.45. The summed E-state index contributed by atoms with van der Waals surface area (Å²) < 4.78 is 0. The summed E-state index contributed by atoms with van der Waals surface area (Å²) in [4.78, 5) is 32.6. The van der Waals surface area contributed by atoms with Gasteiger partial charge >= 0.3 is 0 Å². The van der Waals surface area contributed by atoms with Gasteiger partial charge in [0.15, 0.2) is 0 Å². The van der Waals surface area contributed by atoms with Gasteiger partial charge in [-0.3, -0.25) is 9.59 Å². The number of likely N-dealkylation sites (N-methyl/N-ethyl adjacent to an activating group) is 1. The number of fused-ring (bicyclic) bond motifs is 4. The van der Waals surface area contributed by atoms with Crippen LogP contribution < -0.4 is 0 Å². The van der Waals surface area contributed by atoms with E-state index in [1.165, 1.54) is 4.90 Å². The molecule has 3 aromatic rings. The molecular formula is C21H17Cl2N3O2. The highest BCUT2D eigenvalue weighted by atomic mass is 35.5. The topological polar surface area (TPSA) is 56.4 Å². The lowest BCUT2D eigenvalue weighted by Crippen LogP contribution is -2.62. The van der Waals surface area contributed by atoms with Gasteiger partial charge in [0.05, 0.1) is 12.6 Å². The molecule has 2 atom stereocenters. The molecule has 0 aliphatic carbocycles. The van der Waals surface area contributed by atoms with E-state index in [2.05, 4.69) is 4.98 Å². The van der Waals surface area contributed by atoms with E-state index in [-0.39, 0.29) is 18.4 Å². The lowest BCUT2D eigenvalue weighted by atomic mass is 9.86. The molecule has 2 aliphatic heterocycles. The van der Waals surface area contributed by atoms with Crippen molar-refractivity contribution in [2.45, 2.75) is 18.5 Å². The summed E-state index contributed by atoms with van der Waals surface area (Å²) in [7, 11) is 1.67. The Balaban J connectivity index is 1.79. The summed E-state index contributed by atoms with van der Waals surface area (Å²) in [6, 6.07) is 12.2. The monoisotopic (exact) mass is 413 g/mol. The van der Waals surface area contributed by atoms with E-state index < -0.39 is 12.1 Å². The number of carbonyl (C=O) groups excluding carboxylic acids is 2. The molecule has 1 fully saturated rings. The second-order valence-corrected chi connectivity index (χ2v) is 8.19. The average molecular weight is 414 g/mol. The first-order valence-electron chi connectivity index (χ1n) is 9.06. The average Bonchev–Trinajstić information content (AvgIpc) is 3.03. The van der Waals surface area contributed by atoms with Crippen LogP contribution in [0.2, 0.25) is 10.0 Å². The molecule has 3 heterocycles. The molecule has 0 unspecified atom stereocenters. The number of benzene rings is 2. The predicted molar refractivity (Wildman–Crippen MR) is 109 cm³/mol. The van der Waals surface area contributed by atoms with Crippen LogP contribution in [0, 0.1) is 0 Å². The van der Waals surface area contributed by atoms with Crippen LogP contribution in [0.1, 0.15) is 22.9 Å². The van der Waals surface area contributed by atoms with E-state index in [0.717, 1.165) is 27.7 Å². The second kappa shape index (κ2) is 6.26. The molecule has 142 valence electrons. The molecular weight excluding hydrogens is 397 g/mol. The van der Waals surface area contributed by atoms with Crippen LogP contribution >= 0.6 is 23.2 Å². The maximum atomic E-state index is 13.0. The van der Waals surface area contributed by atoms with Crippen molar-refractivity contribution in [3.05, 3.63) is 69.3 Å². The van der Waals surface area contributed by atoms with Gasteiger partial charge in [0, 0.05) is 40.1 Å². The van der Waals surface area contributed by atoms with Gasteiger partial charge in [0.25, 0.3) is 0 Å². The van der Waals surface area contributed by atoms with Crippen LogP contribution in [0.5, 0.6) is 0 Å². The van der Waals surface area contributed by atoms with Crippen molar-refractivity contribution in [1.29, 1.82) is 0 Å². The van der Waals surface area contributed by atoms with E-state index in [0.29, 0.717) is 16.5 Å². The van der Waals surface area contributed by atoms with Crippen LogP contribution in [-0.2, 0) is 16.0 Å². The normalized spacial score (nSPS) is 21.8. The molecule has 2 aromatic carbocycles. The van der Waals surface area contributed by atoms with E-state index in [1.807, 2.05) is 30.3 Å². The zero-order valence-electron chi connectivity index (χ0n) is 15.1. The molecule has 0 bridgehead atoms. The van der Waals surface area contributed by atoms with Gasteiger partial charge < -0.3 is 14.8 Å². The SMILES string of the molecule is CN1CC(=O)N2[C@H](c3ccc(Cl)cc3Cl)c3[nH]c4ccccc4c3C[C@H]2C1=O. The molecule has 7 heteroatoms. The lowest BCUT2D eigenvalue weighted by molar-refractivity contribution is -0.157. The molecule has 28 heavy (non-hydrogen) atoms. The zero-order valence-corrected chi connectivity index (χ0v) is 16.6. The number of hydrogen-bond donors (Lipinski definition) is 1. The van der Waals surface area contributed by atoms with Crippen molar-refractivity contribution in [1.82, 2.24) is 14.8 Å². The Morgan fingerprint density at radius 2 is 1.89 bits per heavy atom. The minimum Gasteiger partial charge on any atom is -0.356 e. The summed E-state index contributed by atoms with van der Waals surface area (Å²) in [6.07, 6.45) is 0.482. The Morgan fingerprint density at radius 1 is 1.11 bits per heavy atom. The van der Waals surface area contributed by atoms with Gasteiger partial charge in [-0.1, -0.05) is 47.5 Å².